The third-order valence-corrected chi connectivity index (χ3v) is 2.49. The van der Waals surface area contributed by atoms with E-state index in [2.05, 4.69) is 5.32 Å². The number of aliphatic hydroxyl groups is 2. The summed E-state index contributed by atoms with van der Waals surface area (Å²) in [5, 5.41) is 21.0. The van der Waals surface area contributed by atoms with E-state index in [4.69, 9.17) is 5.11 Å². The molecule has 0 saturated carbocycles. The van der Waals surface area contributed by atoms with Crippen molar-refractivity contribution in [3.05, 3.63) is 35.9 Å². The molecular formula is C13H19NO3. The Morgan fingerprint density at radius 1 is 1.24 bits per heavy atom. The molecule has 1 unspecified atom stereocenters. The van der Waals surface area contributed by atoms with Crippen molar-refractivity contribution in [1.29, 1.82) is 0 Å². The number of carbonyl (C=O) groups is 1. The molecule has 0 aromatic heterocycles. The number of hydrogen-bond donors (Lipinski definition) is 3. The van der Waals surface area contributed by atoms with E-state index < -0.39 is 6.10 Å². The van der Waals surface area contributed by atoms with E-state index in [-0.39, 0.29) is 19.1 Å². The van der Waals surface area contributed by atoms with Gasteiger partial charge < -0.3 is 15.5 Å². The second-order valence-electron chi connectivity index (χ2n) is 3.91. The van der Waals surface area contributed by atoms with Crippen LogP contribution in [0.5, 0.6) is 0 Å². The van der Waals surface area contributed by atoms with Crippen molar-refractivity contribution in [2.75, 3.05) is 13.2 Å². The van der Waals surface area contributed by atoms with Crippen LogP contribution in [-0.4, -0.2) is 29.3 Å². The molecule has 0 aliphatic carbocycles. The number of hydrogen-bond acceptors (Lipinski definition) is 3. The van der Waals surface area contributed by atoms with Gasteiger partial charge in [0, 0.05) is 19.6 Å². The van der Waals surface area contributed by atoms with Crippen molar-refractivity contribution in [1.82, 2.24) is 5.32 Å². The first-order valence-electron chi connectivity index (χ1n) is 5.84. The van der Waals surface area contributed by atoms with Crippen LogP contribution in [-0.2, 0) is 4.79 Å². The van der Waals surface area contributed by atoms with E-state index >= 15 is 0 Å². The van der Waals surface area contributed by atoms with E-state index in [1.54, 1.807) is 0 Å². The molecule has 0 bridgehead atoms. The van der Waals surface area contributed by atoms with Crippen LogP contribution in [0, 0.1) is 0 Å². The summed E-state index contributed by atoms with van der Waals surface area (Å²) < 4.78 is 0. The minimum Gasteiger partial charge on any atom is -0.396 e. The van der Waals surface area contributed by atoms with Crippen molar-refractivity contribution in [3.63, 3.8) is 0 Å². The molecule has 0 fully saturated rings. The van der Waals surface area contributed by atoms with Gasteiger partial charge in [-0.25, -0.2) is 0 Å². The number of amides is 1. The summed E-state index contributed by atoms with van der Waals surface area (Å²) in [5.41, 5.74) is 0.795. The number of rotatable bonds is 7. The Morgan fingerprint density at radius 3 is 2.59 bits per heavy atom. The second-order valence-corrected chi connectivity index (χ2v) is 3.91. The Balaban J connectivity index is 2.24. The summed E-state index contributed by atoms with van der Waals surface area (Å²) in [7, 11) is 0. The molecule has 1 rings (SSSR count). The number of benzene rings is 1. The Bertz CT molecular complexity index is 327. The monoisotopic (exact) mass is 237 g/mol. The molecule has 17 heavy (non-hydrogen) atoms. The second kappa shape index (κ2) is 7.81. The van der Waals surface area contributed by atoms with E-state index in [9.17, 15) is 9.90 Å². The summed E-state index contributed by atoms with van der Waals surface area (Å²) in [6.45, 7) is 0.335. The molecule has 1 aromatic rings. The van der Waals surface area contributed by atoms with Crippen LogP contribution in [0.3, 0.4) is 0 Å². The molecule has 1 aromatic carbocycles. The third-order valence-electron chi connectivity index (χ3n) is 2.49. The summed E-state index contributed by atoms with van der Waals surface area (Å²) >= 11 is 0. The summed E-state index contributed by atoms with van der Waals surface area (Å²) in [6, 6.07) is 9.22. The van der Waals surface area contributed by atoms with Crippen molar-refractivity contribution >= 4 is 5.91 Å². The number of aliphatic hydroxyl groups excluding tert-OH is 2. The minimum absolute atomic E-state index is 0.0894. The summed E-state index contributed by atoms with van der Waals surface area (Å²) in [6.07, 6.45) is 1.03. The van der Waals surface area contributed by atoms with Crippen LogP contribution in [0.4, 0.5) is 0 Å². The predicted molar refractivity (Wildman–Crippen MR) is 65.3 cm³/mol. The summed E-state index contributed by atoms with van der Waals surface area (Å²) in [5.74, 6) is -0.0894. The molecule has 4 nitrogen and oxygen atoms in total. The van der Waals surface area contributed by atoms with Gasteiger partial charge in [-0.3, -0.25) is 4.79 Å². The fourth-order valence-electron chi connectivity index (χ4n) is 1.49. The first-order chi connectivity index (χ1) is 8.24. The van der Waals surface area contributed by atoms with Crippen LogP contribution in [0.2, 0.25) is 0 Å². The highest BCUT2D eigenvalue weighted by molar-refractivity contribution is 5.75. The lowest BCUT2D eigenvalue weighted by Gasteiger charge is -2.12. The van der Waals surface area contributed by atoms with Gasteiger partial charge in [-0.1, -0.05) is 30.3 Å². The maximum atomic E-state index is 11.3. The quantitative estimate of drug-likeness (QED) is 0.620. The van der Waals surface area contributed by atoms with Gasteiger partial charge in [0.15, 0.2) is 0 Å². The van der Waals surface area contributed by atoms with E-state index in [1.165, 1.54) is 0 Å². The van der Waals surface area contributed by atoms with Gasteiger partial charge in [-0.15, -0.1) is 0 Å². The normalized spacial score (nSPS) is 12.1. The van der Waals surface area contributed by atoms with E-state index in [1.807, 2.05) is 30.3 Å². The zero-order valence-electron chi connectivity index (χ0n) is 9.80. The molecule has 0 spiro atoms. The molecule has 1 amide bonds. The maximum absolute atomic E-state index is 11.3. The van der Waals surface area contributed by atoms with Crippen molar-refractivity contribution in [2.24, 2.45) is 0 Å². The fraction of sp³-hybridized carbons (Fsp3) is 0.462. The van der Waals surface area contributed by atoms with Gasteiger partial charge in [-0.2, -0.15) is 0 Å². The highest BCUT2D eigenvalue weighted by atomic mass is 16.3. The Kier molecular flexibility index (Phi) is 6.29. The largest absolute Gasteiger partial charge is 0.396 e. The number of unbranched alkanes of at least 4 members (excludes halogenated alkanes) is 1. The van der Waals surface area contributed by atoms with Crippen LogP contribution in [0.25, 0.3) is 0 Å². The van der Waals surface area contributed by atoms with Gasteiger partial charge in [0.1, 0.15) is 0 Å². The molecule has 94 valence electrons. The highest BCUT2D eigenvalue weighted by Gasteiger charge is 2.08. The van der Waals surface area contributed by atoms with Crippen LogP contribution in [0.1, 0.15) is 30.9 Å². The molecule has 3 N–H and O–H groups in total. The smallest absolute Gasteiger partial charge is 0.220 e. The summed E-state index contributed by atoms with van der Waals surface area (Å²) in [4.78, 5) is 11.3. The predicted octanol–water partition coefficient (Wildman–Crippen LogP) is 0.999. The lowest BCUT2D eigenvalue weighted by molar-refractivity contribution is -0.121. The molecule has 0 radical (unpaired) electrons. The van der Waals surface area contributed by atoms with Crippen molar-refractivity contribution in [3.8, 4) is 0 Å². The first kappa shape index (κ1) is 13.7. The Hall–Kier alpha value is -1.39. The van der Waals surface area contributed by atoms with Crippen LogP contribution in [0.15, 0.2) is 30.3 Å². The van der Waals surface area contributed by atoms with Gasteiger partial charge in [0.2, 0.25) is 5.91 Å². The molecule has 0 heterocycles. The van der Waals surface area contributed by atoms with Gasteiger partial charge >= 0.3 is 0 Å². The van der Waals surface area contributed by atoms with Gasteiger partial charge in [0.05, 0.1) is 6.10 Å². The molecule has 0 saturated heterocycles. The minimum atomic E-state index is -0.669. The van der Waals surface area contributed by atoms with Crippen molar-refractivity contribution < 1.29 is 15.0 Å². The molecule has 4 heteroatoms. The average molecular weight is 237 g/mol. The van der Waals surface area contributed by atoms with Crippen molar-refractivity contribution in [2.45, 2.75) is 25.4 Å². The zero-order chi connectivity index (χ0) is 12.5. The number of nitrogens with one attached hydrogen (secondary N) is 1. The Morgan fingerprint density at radius 2 is 1.94 bits per heavy atom. The van der Waals surface area contributed by atoms with Gasteiger partial charge in [-0.05, 0) is 18.4 Å². The SMILES string of the molecule is O=C(CCCCO)NCC(O)c1ccccc1. The number of carbonyl (C=O) groups excluding carboxylic acids is 1. The van der Waals surface area contributed by atoms with Crippen LogP contribution < -0.4 is 5.32 Å². The topological polar surface area (TPSA) is 69.6 Å². The first-order valence-corrected chi connectivity index (χ1v) is 5.84. The Labute approximate surface area is 101 Å². The highest BCUT2D eigenvalue weighted by Crippen LogP contribution is 2.10. The van der Waals surface area contributed by atoms with Crippen LogP contribution >= 0.6 is 0 Å². The third kappa shape index (κ3) is 5.47. The fourth-order valence-corrected chi connectivity index (χ4v) is 1.49. The average Bonchev–Trinajstić information content (AvgIpc) is 2.37. The lowest BCUT2D eigenvalue weighted by atomic mass is 10.1. The van der Waals surface area contributed by atoms with Gasteiger partial charge in [0.25, 0.3) is 0 Å². The van der Waals surface area contributed by atoms with E-state index in [0.29, 0.717) is 19.3 Å². The maximum Gasteiger partial charge on any atom is 0.220 e. The zero-order valence-corrected chi connectivity index (χ0v) is 9.80. The molecule has 0 aliphatic rings. The lowest BCUT2D eigenvalue weighted by Crippen LogP contribution is -2.28. The molecule has 0 aliphatic heterocycles. The standard InChI is InChI=1S/C13H19NO3/c15-9-5-4-8-13(17)14-10-12(16)11-6-2-1-3-7-11/h1-3,6-7,12,15-16H,4-5,8-10H2,(H,14,17). The molecular weight excluding hydrogens is 218 g/mol. The molecule has 1 atom stereocenters. The van der Waals surface area contributed by atoms with E-state index in [0.717, 1.165) is 5.56 Å².